The second-order valence-electron chi connectivity index (χ2n) is 5.21. The molecule has 0 aromatic carbocycles. The first-order chi connectivity index (χ1) is 8.70. The van der Waals surface area contributed by atoms with Crippen LogP contribution in [0.5, 0.6) is 0 Å². The van der Waals surface area contributed by atoms with Gasteiger partial charge in [0.25, 0.3) is 0 Å². The highest BCUT2D eigenvalue weighted by Gasteiger charge is 2.29. The maximum Gasteiger partial charge on any atom is 0.227 e. The van der Waals surface area contributed by atoms with Crippen molar-refractivity contribution in [3.8, 4) is 0 Å². The van der Waals surface area contributed by atoms with Gasteiger partial charge in [-0.15, -0.1) is 0 Å². The Labute approximate surface area is 108 Å². The van der Waals surface area contributed by atoms with Gasteiger partial charge in [0.05, 0.1) is 5.92 Å². The average Bonchev–Trinajstić information content (AvgIpc) is 2.40. The molecule has 102 valence electrons. The molecule has 18 heavy (non-hydrogen) atoms. The second kappa shape index (κ2) is 6.18. The van der Waals surface area contributed by atoms with E-state index in [1.54, 1.807) is 0 Å². The van der Waals surface area contributed by atoms with Crippen molar-refractivity contribution in [1.29, 1.82) is 0 Å². The molecule has 0 aromatic heterocycles. The van der Waals surface area contributed by atoms with Gasteiger partial charge in [0.1, 0.15) is 0 Å². The van der Waals surface area contributed by atoms with Crippen molar-refractivity contribution in [2.75, 3.05) is 39.3 Å². The predicted molar refractivity (Wildman–Crippen MR) is 69.0 cm³/mol. The van der Waals surface area contributed by atoms with Crippen molar-refractivity contribution >= 4 is 11.8 Å². The highest BCUT2D eigenvalue weighted by atomic mass is 16.2. The number of nitrogens with zero attached hydrogens (tertiary/aromatic N) is 2. The highest BCUT2D eigenvalue weighted by Crippen LogP contribution is 2.15. The molecule has 5 heteroatoms. The fourth-order valence-corrected chi connectivity index (χ4v) is 2.71. The van der Waals surface area contributed by atoms with E-state index in [0.29, 0.717) is 19.4 Å². The van der Waals surface area contributed by atoms with Gasteiger partial charge in [-0.1, -0.05) is 6.92 Å². The van der Waals surface area contributed by atoms with Gasteiger partial charge in [0, 0.05) is 39.1 Å². The van der Waals surface area contributed by atoms with E-state index in [0.717, 1.165) is 32.7 Å². The van der Waals surface area contributed by atoms with Crippen LogP contribution in [0.15, 0.2) is 0 Å². The van der Waals surface area contributed by atoms with Crippen molar-refractivity contribution in [1.82, 2.24) is 15.1 Å². The third kappa shape index (κ3) is 3.22. The molecular formula is C13H23N3O2. The fourth-order valence-electron chi connectivity index (χ4n) is 2.71. The van der Waals surface area contributed by atoms with Gasteiger partial charge in [0.15, 0.2) is 0 Å². The van der Waals surface area contributed by atoms with Crippen LogP contribution in [0, 0.1) is 5.92 Å². The maximum atomic E-state index is 12.3. The average molecular weight is 253 g/mol. The van der Waals surface area contributed by atoms with Gasteiger partial charge < -0.3 is 10.2 Å². The molecule has 1 unspecified atom stereocenters. The number of hydrogen-bond acceptors (Lipinski definition) is 3. The lowest BCUT2D eigenvalue weighted by Crippen LogP contribution is -2.52. The molecule has 1 atom stereocenters. The third-order valence-corrected chi connectivity index (χ3v) is 3.84. The minimum atomic E-state index is 0.000394. The first kappa shape index (κ1) is 13.3. The molecular weight excluding hydrogens is 230 g/mol. The Balaban J connectivity index is 1.78. The van der Waals surface area contributed by atoms with E-state index in [1.165, 1.54) is 6.42 Å². The van der Waals surface area contributed by atoms with Crippen molar-refractivity contribution in [3.05, 3.63) is 0 Å². The van der Waals surface area contributed by atoms with Crippen molar-refractivity contribution in [3.63, 3.8) is 0 Å². The third-order valence-electron chi connectivity index (χ3n) is 3.84. The Kier molecular flexibility index (Phi) is 4.58. The maximum absolute atomic E-state index is 12.3. The Morgan fingerprint density at radius 2 is 2.06 bits per heavy atom. The summed E-state index contributed by atoms with van der Waals surface area (Å²) in [5, 5.41) is 2.78. The standard InChI is InChI=1S/C13H23N3O2/c1-2-5-15-6-8-16(9-7-15)13(18)11-3-4-12(17)14-10-11/h11H,2-10H2,1H3,(H,14,17). The Hall–Kier alpha value is -1.10. The minimum Gasteiger partial charge on any atom is -0.355 e. The summed E-state index contributed by atoms with van der Waals surface area (Å²) in [7, 11) is 0. The molecule has 2 heterocycles. The molecule has 2 saturated heterocycles. The van der Waals surface area contributed by atoms with E-state index in [4.69, 9.17) is 0 Å². The number of carbonyl (C=O) groups excluding carboxylic acids is 2. The van der Waals surface area contributed by atoms with Gasteiger partial charge in [-0.2, -0.15) is 0 Å². The number of rotatable bonds is 3. The highest BCUT2D eigenvalue weighted by molar-refractivity contribution is 5.83. The van der Waals surface area contributed by atoms with Crippen LogP contribution >= 0.6 is 0 Å². The molecule has 0 radical (unpaired) electrons. The van der Waals surface area contributed by atoms with Crippen LogP contribution in [-0.4, -0.2) is 60.9 Å². The normalized spacial score (nSPS) is 25.9. The topological polar surface area (TPSA) is 52.7 Å². The summed E-state index contributed by atoms with van der Waals surface area (Å²) in [6.07, 6.45) is 2.37. The summed E-state index contributed by atoms with van der Waals surface area (Å²) < 4.78 is 0. The Morgan fingerprint density at radius 3 is 2.61 bits per heavy atom. The molecule has 0 bridgehead atoms. The van der Waals surface area contributed by atoms with E-state index >= 15 is 0 Å². The zero-order valence-electron chi connectivity index (χ0n) is 11.2. The zero-order chi connectivity index (χ0) is 13.0. The molecule has 1 N–H and O–H groups in total. The summed E-state index contributed by atoms with van der Waals surface area (Å²) in [6, 6.07) is 0. The van der Waals surface area contributed by atoms with Gasteiger partial charge in [-0.05, 0) is 19.4 Å². The van der Waals surface area contributed by atoms with E-state index in [2.05, 4.69) is 17.1 Å². The molecule has 0 saturated carbocycles. The SMILES string of the molecule is CCCN1CCN(C(=O)C2CCC(=O)NC2)CC1. The molecule has 5 nitrogen and oxygen atoms in total. The largest absolute Gasteiger partial charge is 0.355 e. The molecule has 2 aliphatic rings. The number of hydrogen-bond donors (Lipinski definition) is 1. The van der Waals surface area contributed by atoms with Gasteiger partial charge in [-0.25, -0.2) is 0 Å². The molecule has 0 aromatic rings. The summed E-state index contributed by atoms with van der Waals surface area (Å²) >= 11 is 0. The lowest BCUT2D eigenvalue weighted by atomic mass is 9.97. The predicted octanol–water partition coefficient (Wildman–Crippen LogP) is 0.0668. The van der Waals surface area contributed by atoms with E-state index < -0.39 is 0 Å². The lowest BCUT2D eigenvalue weighted by molar-refractivity contribution is -0.139. The first-order valence-electron chi connectivity index (χ1n) is 6.98. The van der Waals surface area contributed by atoms with Crippen LogP contribution in [0.4, 0.5) is 0 Å². The minimum absolute atomic E-state index is 0.000394. The number of amides is 2. The van der Waals surface area contributed by atoms with Crippen LogP contribution in [-0.2, 0) is 9.59 Å². The number of piperidine rings is 1. The van der Waals surface area contributed by atoms with Gasteiger partial charge >= 0.3 is 0 Å². The van der Waals surface area contributed by atoms with Gasteiger partial charge in [-0.3, -0.25) is 14.5 Å². The molecule has 0 aliphatic carbocycles. The fraction of sp³-hybridized carbons (Fsp3) is 0.846. The van der Waals surface area contributed by atoms with Crippen molar-refractivity contribution in [2.24, 2.45) is 5.92 Å². The molecule has 2 amide bonds. The van der Waals surface area contributed by atoms with E-state index in [1.807, 2.05) is 4.90 Å². The Bertz CT molecular complexity index is 301. The smallest absolute Gasteiger partial charge is 0.227 e. The summed E-state index contributed by atoms with van der Waals surface area (Å²) in [5.41, 5.74) is 0. The van der Waals surface area contributed by atoms with Crippen LogP contribution in [0.3, 0.4) is 0 Å². The molecule has 2 aliphatic heterocycles. The van der Waals surface area contributed by atoms with Gasteiger partial charge in [0.2, 0.25) is 11.8 Å². The zero-order valence-corrected chi connectivity index (χ0v) is 11.2. The lowest BCUT2D eigenvalue weighted by Gasteiger charge is -2.37. The van der Waals surface area contributed by atoms with Crippen molar-refractivity contribution in [2.45, 2.75) is 26.2 Å². The summed E-state index contributed by atoms with van der Waals surface area (Å²) in [5.74, 6) is 0.304. The van der Waals surface area contributed by atoms with Crippen LogP contribution in [0.25, 0.3) is 0 Å². The molecule has 0 spiro atoms. The molecule has 2 rings (SSSR count). The van der Waals surface area contributed by atoms with Crippen molar-refractivity contribution < 1.29 is 9.59 Å². The first-order valence-corrected chi connectivity index (χ1v) is 6.98. The summed E-state index contributed by atoms with van der Waals surface area (Å²) in [4.78, 5) is 27.7. The second-order valence-corrected chi connectivity index (χ2v) is 5.21. The van der Waals surface area contributed by atoms with Crippen LogP contribution in [0.2, 0.25) is 0 Å². The number of carbonyl (C=O) groups is 2. The number of piperazine rings is 1. The number of nitrogens with one attached hydrogen (secondary N) is 1. The summed E-state index contributed by atoms with van der Waals surface area (Å²) in [6.45, 7) is 7.47. The van der Waals surface area contributed by atoms with Crippen LogP contribution in [0.1, 0.15) is 26.2 Å². The van der Waals surface area contributed by atoms with Crippen LogP contribution < -0.4 is 5.32 Å². The van der Waals surface area contributed by atoms with E-state index in [9.17, 15) is 9.59 Å². The quantitative estimate of drug-likeness (QED) is 0.774. The monoisotopic (exact) mass is 253 g/mol. The van der Waals surface area contributed by atoms with E-state index in [-0.39, 0.29) is 17.7 Å². The molecule has 2 fully saturated rings. The Morgan fingerprint density at radius 1 is 1.33 bits per heavy atom.